The van der Waals surface area contributed by atoms with Gasteiger partial charge in [-0.3, -0.25) is 4.79 Å². The molecule has 0 unspecified atom stereocenters. The Labute approximate surface area is 151 Å². The number of carbonyl (C=O) groups excluding carboxylic acids is 1. The highest BCUT2D eigenvalue weighted by molar-refractivity contribution is 5.94. The van der Waals surface area contributed by atoms with E-state index in [-0.39, 0.29) is 18.0 Å². The molecule has 26 heavy (non-hydrogen) atoms. The van der Waals surface area contributed by atoms with Crippen molar-refractivity contribution in [3.05, 3.63) is 53.9 Å². The van der Waals surface area contributed by atoms with Gasteiger partial charge >= 0.3 is 0 Å². The molecule has 2 atom stereocenters. The summed E-state index contributed by atoms with van der Waals surface area (Å²) in [5.74, 6) is 0.623. The monoisotopic (exact) mass is 348 g/mol. The van der Waals surface area contributed by atoms with Crippen molar-refractivity contribution in [3.8, 4) is 0 Å². The Morgan fingerprint density at radius 3 is 2.77 bits per heavy atom. The van der Waals surface area contributed by atoms with E-state index in [1.165, 1.54) is 0 Å². The lowest BCUT2D eigenvalue weighted by Crippen LogP contribution is -2.43. The average Bonchev–Trinajstić information content (AvgIpc) is 3.16. The minimum atomic E-state index is 0.0110. The summed E-state index contributed by atoms with van der Waals surface area (Å²) in [4.78, 5) is 22.6. The summed E-state index contributed by atoms with van der Waals surface area (Å²) in [5, 5.41) is 11.6. The number of hydrogen-bond acceptors (Lipinski definition) is 6. The Hall–Kier alpha value is -3.09. The van der Waals surface area contributed by atoms with Crippen molar-refractivity contribution >= 4 is 23.2 Å². The fourth-order valence-corrected chi connectivity index (χ4v) is 3.63. The first-order chi connectivity index (χ1) is 12.6. The van der Waals surface area contributed by atoms with Crippen molar-refractivity contribution in [1.29, 1.82) is 0 Å². The van der Waals surface area contributed by atoms with Gasteiger partial charge in [0, 0.05) is 36.6 Å². The number of fused-ring (bicyclic) bond motifs is 1. The van der Waals surface area contributed by atoms with Crippen LogP contribution in [0.5, 0.6) is 0 Å². The van der Waals surface area contributed by atoms with E-state index < -0.39 is 0 Å². The number of anilines is 2. The Morgan fingerprint density at radius 1 is 1.27 bits per heavy atom. The first-order valence-electron chi connectivity index (χ1n) is 8.69. The van der Waals surface area contributed by atoms with E-state index in [2.05, 4.69) is 38.5 Å². The molecule has 1 aromatic carbocycles. The number of azo groups is 1. The van der Waals surface area contributed by atoms with Crippen LogP contribution in [0.25, 0.3) is 5.70 Å². The molecule has 7 heteroatoms. The van der Waals surface area contributed by atoms with Crippen molar-refractivity contribution in [1.82, 2.24) is 9.97 Å². The molecule has 1 amide bonds. The minimum Gasteiger partial charge on any atom is -0.347 e. The minimum absolute atomic E-state index is 0.0110. The molecular weight excluding hydrogens is 328 g/mol. The zero-order valence-corrected chi connectivity index (χ0v) is 14.8. The number of nitrogens with one attached hydrogen (secondary N) is 1. The summed E-state index contributed by atoms with van der Waals surface area (Å²) in [5.41, 5.74) is 3.84. The third-order valence-corrected chi connectivity index (χ3v) is 4.73. The molecule has 0 bridgehead atoms. The smallest absolute Gasteiger partial charge is 0.224 e. The molecule has 0 fully saturated rings. The van der Waals surface area contributed by atoms with Crippen molar-refractivity contribution in [2.24, 2.45) is 10.2 Å². The fourth-order valence-electron chi connectivity index (χ4n) is 3.63. The van der Waals surface area contributed by atoms with Crippen molar-refractivity contribution in [3.63, 3.8) is 0 Å². The van der Waals surface area contributed by atoms with Gasteiger partial charge < -0.3 is 10.2 Å². The maximum Gasteiger partial charge on any atom is 0.224 e. The summed E-state index contributed by atoms with van der Waals surface area (Å²) in [7, 11) is 0. The van der Waals surface area contributed by atoms with E-state index in [0.717, 1.165) is 28.9 Å². The van der Waals surface area contributed by atoms with Crippen LogP contribution in [0.15, 0.2) is 53.0 Å². The van der Waals surface area contributed by atoms with Gasteiger partial charge in [0.1, 0.15) is 0 Å². The van der Waals surface area contributed by atoms with E-state index >= 15 is 0 Å². The summed E-state index contributed by atoms with van der Waals surface area (Å²) >= 11 is 0. The third-order valence-electron chi connectivity index (χ3n) is 4.73. The Kier molecular flexibility index (Phi) is 4.20. The standard InChI is InChI=1S/C19H20N6O/c1-12-10-17(23-19-20-7-3-8-21-19)15-11-14(16-6-9-22-24-16)4-5-18(15)25(12)13(2)26/h3-8,11-12,17H,9-10H2,1-2H3,(H,20,21,23)/t12-,17+/m0/s1. The van der Waals surface area contributed by atoms with E-state index in [9.17, 15) is 4.79 Å². The predicted molar refractivity (Wildman–Crippen MR) is 99.8 cm³/mol. The normalized spacial score (nSPS) is 21.3. The summed E-state index contributed by atoms with van der Waals surface area (Å²) in [6.45, 7) is 4.28. The highest BCUT2D eigenvalue weighted by Gasteiger charge is 2.33. The first-order valence-corrected chi connectivity index (χ1v) is 8.69. The summed E-state index contributed by atoms with van der Waals surface area (Å²) in [6.07, 6.45) is 6.20. The van der Waals surface area contributed by atoms with Gasteiger partial charge in [0.05, 0.1) is 18.3 Å². The second-order valence-electron chi connectivity index (χ2n) is 6.53. The molecular formula is C19H20N6O. The molecule has 0 saturated carbocycles. The van der Waals surface area contributed by atoms with Gasteiger partial charge in [-0.25, -0.2) is 9.97 Å². The van der Waals surface area contributed by atoms with Crippen LogP contribution in [0.3, 0.4) is 0 Å². The second-order valence-corrected chi connectivity index (χ2v) is 6.53. The Morgan fingerprint density at radius 2 is 2.08 bits per heavy atom. The molecule has 0 aliphatic carbocycles. The number of aromatic nitrogens is 2. The second kappa shape index (κ2) is 6.67. The third kappa shape index (κ3) is 2.96. The molecule has 0 spiro atoms. The van der Waals surface area contributed by atoms with Gasteiger partial charge in [-0.1, -0.05) is 6.07 Å². The van der Waals surface area contributed by atoms with Crippen LogP contribution in [0.4, 0.5) is 11.6 Å². The lowest BCUT2D eigenvalue weighted by molar-refractivity contribution is -0.117. The molecule has 4 rings (SSSR count). The van der Waals surface area contributed by atoms with E-state index in [4.69, 9.17) is 0 Å². The van der Waals surface area contributed by atoms with Crippen molar-refractivity contribution in [2.45, 2.75) is 32.4 Å². The van der Waals surface area contributed by atoms with Gasteiger partial charge in [-0.2, -0.15) is 10.2 Å². The topological polar surface area (TPSA) is 82.8 Å². The molecule has 1 N–H and O–H groups in total. The lowest BCUT2D eigenvalue weighted by Gasteiger charge is -2.39. The number of nitrogens with zero attached hydrogens (tertiary/aromatic N) is 5. The number of hydrogen-bond donors (Lipinski definition) is 1. The van der Waals surface area contributed by atoms with Gasteiger partial charge in [0.2, 0.25) is 11.9 Å². The molecule has 3 heterocycles. The molecule has 7 nitrogen and oxygen atoms in total. The molecule has 2 aromatic rings. The van der Waals surface area contributed by atoms with Crippen LogP contribution in [0.1, 0.15) is 37.4 Å². The maximum atomic E-state index is 12.2. The van der Waals surface area contributed by atoms with Crippen LogP contribution in [0.2, 0.25) is 0 Å². The van der Waals surface area contributed by atoms with Crippen LogP contribution >= 0.6 is 0 Å². The van der Waals surface area contributed by atoms with Gasteiger partial charge in [-0.05, 0) is 43.2 Å². The highest BCUT2D eigenvalue weighted by atomic mass is 16.2. The number of carbonyl (C=O) groups is 1. The summed E-state index contributed by atoms with van der Waals surface area (Å²) in [6, 6.07) is 7.97. The van der Waals surface area contributed by atoms with Crippen LogP contribution in [-0.2, 0) is 4.79 Å². The van der Waals surface area contributed by atoms with E-state index in [1.807, 2.05) is 23.1 Å². The molecule has 2 aliphatic heterocycles. The fraction of sp³-hybridized carbons (Fsp3) is 0.316. The van der Waals surface area contributed by atoms with Gasteiger partial charge in [0.15, 0.2) is 0 Å². The Bertz CT molecular complexity index is 892. The van der Waals surface area contributed by atoms with Crippen LogP contribution in [-0.4, -0.2) is 28.5 Å². The largest absolute Gasteiger partial charge is 0.347 e. The lowest BCUT2D eigenvalue weighted by atomic mass is 9.90. The molecule has 0 radical (unpaired) electrons. The molecule has 0 saturated heterocycles. The zero-order chi connectivity index (χ0) is 18.1. The zero-order valence-electron chi connectivity index (χ0n) is 14.8. The Balaban J connectivity index is 1.77. The molecule has 132 valence electrons. The maximum absolute atomic E-state index is 12.2. The highest BCUT2D eigenvalue weighted by Crippen LogP contribution is 2.40. The van der Waals surface area contributed by atoms with Crippen molar-refractivity contribution in [2.75, 3.05) is 16.8 Å². The number of rotatable bonds is 3. The van der Waals surface area contributed by atoms with Crippen LogP contribution in [0, 0.1) is 0 Å². The SMILES string of the molecule is CC(=O)N1c2ccc(C3=CCN=N3)cc2[C@H](Nc2ncccn2)C[C@@H]1C. The van der Waals surface area contributed by atoms with Crippen LogP contribution < -0.4 is 10.2 Å². The van der Waals surface area contributed by atoms with Gasteiger partial charge in [0.25, 0.3) is 0 Å². The number of benzene rings is 1. The van der Waals surface area contributed by atoms with E-state index in [0.29, 0.717) is 12.5 Å². The number of amides is 1. The average molecular weight is 348 g/mol. The quantitative estimate of drug-likeness (QED) is 0.919. The molecule has 1 aromatic heterocycles. The summed E-state index contributed by atoms with van der Waals surface area (Å²) < 4.78 is 0. The molecule has 2 aliphatic rings. The van der Waals surface area contributed by atoms with Gasteiger partial charge in [-0.15, -0.1) is 0 Å². The first kappa shape index (κ1) is 16.4. The van der Waals surface area contributed by atoms with E-state index in [1.54, 1.807) is 25.4 Å². The predicted octanol–water partition coefficient (Wildman–Crippen LogP) is 3.58. The van der Waals surface area contributed by atoms with Crippen molar-refractivity contribution < 1.29 is 4.79 Å².